The van der Waals surface area contributed by atoms with Gasteiger partial charge in [0.05, 0.1) is 7.11 Å². The Hall–Kier alpha value is -1.73. The molecule has 23 heavy (non-hydrogen) atoms. The Morgan fingerprint density at radius 1 is 1.35 bits per heavy atom. The first-order chi connectivity index (χ1) is 10.9. The maximum atomic E-state index is 12.5. The van der Waals surface area contributed by atoms with E-state index in [9.17, 15) is 13.2 Å². The molecule has 0 aromatic heterocycles. The van der Waals surface area contributed by atoms with E-state index in [1.807, 2.05) is 0 Å². The summed E-state index contributed by atoms with van der Waals surface area (Å²) in [6.45, 7) is 7.07. The molecule has 1 aliphatic heterocycles. The lowest BCUT2D eigenvalue weighted by Gasteiger charge is -2.35. The summed E-state index contributed by atoms with van der Waals surface area (Å²) in [5, 5.41) is 3.26. The summed E-state index contributed by atoms with van der Waals surface area (Å²) in [6.07, 6.45) is -2.33. The number of alkyl halides is 3. The zero-order valence-corrected chi connectivity index (χ0v) is 13.0. The molecule has 1 aliphatic rings. The second kappa shape index (κ2) is 7.70. The van der Waals surface area contributed by atoms with Crippen LogP contribution in [-0.4, -0.2) is 44.6 Å². The number of halogens is 3. The monoisotopic (exact) mass is 330 g/mol. The molecule has 0 spiro atoms. The van der Waals surface area contributed by atoms with E-state index in [4.69, 9.17) is 4.74 Å². The van der Waals surface area contributed by atoms with E-state index in [1.54, 1.807) is 6.08 Å². The van der Waals surface area contributed by atoms with E-state index in [0.717, 1.165) is 26.2 Å². The van der Waals surface area contributed by atoms with E-state index in [-0.39, 0.29) is 11.8 Å². The average molecular weight is 330 g/mol. The van der Waals surface area contributed by atoms with Gasteiger partial charge in [0.15, 0.2) is 0 Å². The molecule has 1 N–H and O–H groups in total. The molecular weight excluding hydrogens is 309 g/mol. The molecule has 1 saturated heterocycles. The Kier molecular flexibility index (Phi) is 5.90. The van der Waals surface area contributed by atoms with Crippen molar-refractivity contribution < 1.29 is 22.6 Å². The molecule has 0 bridgehead atoms. The zero-order valence-electron chi connectivity index (χ0n) is 13.0. The van der Waals surface area contributed by atoms with Crippen LogP contribution in [0.1, 0.15) is 18.0 Å². The van der Waals surface area contributed by atoms with Crippen molar-refractivity contribution in [2.75, 3.05) is 33.3 Å². The van der Waals surface area contributed by atoms with Crippen LogP contribution in [0.4, 0.5) is 13.2 Å². The zero-order chi connectivity index (χ0) is 16.9. The molecule has 1 aromatic carbocycles. The Morgan fingerprint density at radius 3 is 2.61 bits per heavy atom. The van der Waals surface area contributed by atoms with Crippen LogP contribution in [0.3, 0.4) is 0 Å². The average Bonchev–Trinajstić information content (AvgIpc) is 2.52. The highest BCUT2D eigenvalue weighted by Crippen LogP contribution is 2.36. The summed E-state index contributed by atoms with van der Waals surface area (Å²) in [6, 6.07) is 4.08. The lowest BCUT2D eigenvalue weighted by molar-refractivity contribution is -0.274. The summed E-state index contributed by atoms with van der Waals surface area (Å²) in [5.74, 6) is 0.308. The molecule has 4 nitrogen and oxygen atoms in total. The molecule has 0 saturated carbocycles. The van der Waals surface area contributed by atoms with Crippen LogP contribution >= 0.6 is 0 Å². The lowest BCUT2D eigenvalue weighted by Crippen LogP contribution is -2.45. The van der Waals surface area contributed by atoms with Gasteiger partial charge in [-0.15, -0.1) is 19.8 Å². The number of ether oxygens (including phenoxy) is 2. The van der Waals surface area contributed by atoms with Gasteiger partial charge >= 0.3 is 6.36 Å². The minimum absolute atomic E-state index is 0.0960. The lowest BCUT2D eigenvalue weighted by atomic mass is 9.99. The molecule has 2 rings (SSSR count). The third kappa shape index (κ3) is 4.87. The standard InChI is InChI=1S/C16H21F3N2O2/c1-3-4-14(21-9-7-20-8-10-21)13-11-12(23-16(17,18)19)5-6-15(13)22-2/h3,5-6,11,14,20H,1,4,7-10H2,2H3/t14-/m0/s1. The van der Waals surface area contributed by atoms with Gasteiger partial charge in [-0.2, -0.15) is 0 Å². The Balaban J connectivity index is 2.34. The van der Waals surface area contributed by atoms with Gasteiger partial charge in [0.25, 0.3) is 0 Å². The van der Waals surface area contributed by atoms with Gasteiger partial charge in [-0.05, 0) is 24.6 Å². The second-order valence-electron chi connectivity index (χ2n) is 5.28. The first-order valence-corrected chi connectivity index (χ1v) is 7.44. The summed E-state index contributed by atoms with van der Waals surface area (Å²) < 4.78 is 46.8. The molecule has 1 fully saturated rings. The van der Waals surface area contributed by atoms with Crippen molar-refractivity contribution in [2.24, 2.45) is 0 Å². The molecule has 1 aromatic rings. The molecule has 0 aliphatic carbocycles. The highest BCUT2D eigenvalue weighted by atomic mass is 19.4. The number of methoxy groups -OCH3 is 1. The van der Waals surface area contributed by atoms with Gasteiger partial charge in [-0.25, -0.2) is 0 Å². The number of hydrogen-bond acceptors (Lipinski definition) is 4. The number of nitrogens with zero attached hydrogens (tertiary/aromatic N) is 1. The number of benzene rings is 1. The molecule has 1 heterocycles. The van der Waals surface area contributed by atoms with Gasteiger partial charge in [0, 0.05) is 37.8 Å². The highest BCUT2D eigenvalue weighted by molar-refractivity contribution is 5.42. The van der Waals surface area contributed by atoms with E-state index >= 15 is 0 Å². The Bertz CT molecular complexity index is 529. The number of hydrogen-bond donors (Lipinski definition) is 1. The van der Waals surface area contributed by atoms with E-state index in [0.29, 0.717) is 17.7 Å². The van der Waals surface area contributed by atoms with Crippen LogP contribution < -0.4 is 14.8 Å². The van der Waals surface area contributed by atoms with Crippen molar-refractivity contribution in [1.82, 2.24) is 10.2 Å². The topological polar surface area (TPSA) is 33.7 Å². The fourth-order valence-electron chi connectivity index (χ4n) is 2.79. The summed E-state index contributed by atoms with van der Waals surface area (Å²) in [4.78, 5) is 2.22. The molecule has 128 valence electrons. The third-order valence-corrected chi connectivity index (χ3v) is 3.78. The van der Waals surface area contributed by atoms with E-state index in [2.05, 4.69) is 21.5 Å². The molecular formula is C16H21F3N2O2. The molecule has 0 radical (unpaired) electrons. The smallest absolute Gasteiger partial charge is 0.496 e. The number of piperazine rings is 1. The van der Waals surface area contributed by atoms with Gasteiger partial charge in [0.1, 0.15) is 11.5 Å². The van der Waals surface area contributed by atoms with Gasteiger partial charge in [-0.1, -0.05) is 6.08 Å². The first-order valence-electron chi connectivity index (χ1n) is 7.44. The van der Waals surface area contributed by atoms with Crippen LogP contribution in [0.15, 0.2) is 30.9 Å². The van der Waals surface area contributed by atoms with Crippen molar-refractivity contribution in [3.05, 3.63) is 36.4 Å². The Morgan fingerprint density at radius 2 is 2.04 bits per heavy atom. The van der Waals surface area contributed by atoms with Gasteiger partial charge in [0.2, 0.25) is 0 Å². The second-order valence-corrected chi connectivity index (χ2v) is 5.28. The summed E-state index contributed by atoms with van der Waals surface area (Å²) >= 11 is 0. The van der Waals surface area contributed by atoms with Gasteiger partial charge in [-0.3, -0.25) is 4.90 Å². The maximum absolute atomic E-state index is 12.5. The summed E-state index contributed by atoms with van der Waals surface area (Å²) in [5.41, 5.74) is 0.677. The molecule has 1 atom stereocenters. The maximum Gasteiger partial charge on any atom is 0.573 e. The highest BCUT2D eigenvalue weighted by Gasteiger charge is 2.32. The van der Waals surface area contributed by atoms with E-state index < -0.39 is 6.36 Å². The minimum atomic E-state index is -4.71. The SMILES string of the molecule is C=CC[C@@H](c1cc(OC(F)(F)F)ccc1OC)N1CCNCC1. The van der Waals surface area contributed by atoms with Crippen LogP contribution in [0, 0.1) is 0 Å². The Labute approximate surface area is 133 Å². The van der Waals surface area contributed by atoms with Crippen molar-refractivity contribution in [1.29, 1.82) is 0 Å². The fraction of sp³-hybridized carbons (Fsp3) is 0.500. The number of nitrogens with one attached hydrogen (secondary N) is 1. The van der Waals surface area contributed by atoms with Crippen molar-refractivity contribution in [3.8, 4) is 11.5 Å². The summed E-state index contributed by atoms with van der Waals surface area (Å²) in [7, 11) is 1.51. The molecule has 7 heteroatoms. The predicted molar refractivity (Wildman–Crippen MR) is 81.7 cm³/mol. The minimum Gasteiger partial charge on any atom is -0.496 e. The molecule has 0 amide bonds. The van der Waals surface area contributed by atoms with E-state index in [1.165, 1.54) is 25.3 Å². The third-order valence-electron chi connectivity index (χ3n) is 3.78. The van der Waals surface area contributed by atoms with Crippen LogP contribution in [-0.2, 0) is 0 Å². The van der Waals surface area contributed by atoms with Gasteiger partial charge < -0.3 is 14.8 Å². The van der Waals surface area contributed by atoms with Crippen LogP contribution in [0.5, 0.6) is 11.5 Å². The quantitative estimate of drug-likeness (QED) is 0.813. The van der Waals surface area contributed by atoms with Crippen molar-refractivity contribution in [3.63, 3.8) is 0 Å². The normalized spacial score (nSPS) is 17.6. The van der Waals surface area contributed by atoms with Crippen LogP contribution in [0.25, 0.3) is 0 Å². The largest absolute Gasteiger partial charge is 0.573 e. The van der Waals surface area contributed by atoms with Crippen molar-refractivity contribution in [2.45, 2.75) is 18.8 Å². The van der Waals surface area contributed by atoms with Crippen LogP contribution in [0.2, 0.25) is 0 Å². The van der Waals surface area contributed by atoms with Crippen molar-refractivity contribution >= 4 is 0 Å². The number of rotatable bonds is 6. The fourth-order valence-corrected chi connectivity index (χ4v) is 2.79. The first kappa shape index (κ1) is 17.6. The molecule has 0 unspecified atom stereocenters. The predicted octanol–water partition coefficient (Wildman–Crippen LogP) is 3.12.